The topological polar surface area (TPSA) is 119 Å². The molecule has 6 heterocycles. The van der Waals surface area contributed by atoms with Crippen LogP contribution >= 0.6 is 11.3 Å². The lowest BCUT2D eigenvalue weighted by Crippen LogP contribution is -2.43. The lowest BCUT2D eigenvalue weighted by Gasteiger charge is -2.31. The van der Waals surface area contributed by atoms with Gasteiger partial charge < -0.3 is 15.4 Å². The number of amides is 2. The van der Waals surface area contributed by atoms with Crippen LogP contribution in [0.15, 0.2) is 30.9 Å². The number of anilines is 1. The molecule has 1 fully saturated rings. The van der Waals surface area contributed by atoms with E-state index < -0.39 is 0 Å². The van der Waals surface area contributed by atoms with Crippen LogP contribution in [0, 0.1) is 6.92 Å². The van der Waals surface area contributed by atoms with Crippen LogP contribution in [0.2, 0.25) is 0 Å². The van der Waals surface area contributed by atoms with Crippen molar-refractivity contribution >= 4 is 33.7 Å². The van der Waals surface area contributed by atoms with Crippen molar-refractivity contribution in [1.29, 1.82) is 0 Å². The van der Waals surface area contributed by atoms with Gasteiger partial charge in [-0.05, 0) is 46.2 Å². The summed E-state index contributed by atoms with van der Waals surface area (Å²) in [6.07, 6.45) is 9.20. The number of hydrogen-bond donors (Lipinski definition) is 2. The van der Waals surface area contributed by atoms with Gasteiger partial charge in [0.05, 0.1) is 65.2 Å². The van der Waals surface area contributed by atoms with Gasteiger partial charge in [-0.2, -0.15) is 10.2 Å². The second kappa shape index (κ2) is 10.2. The first-order valence-corrected chi connectivity index (χ1v) is 14.0. The van der Waals surface area contributed by atoms with E-state index in [-0.39, 0.29) is 17.4 Å². The Balaban J connectivity index is 1.15. The first-order valence-electron chi connectivity index (χ1n) is 13.2. The molecule has 204 valence electrons. The highest BCUT2D eigenvalue weighted by Crippen LogP contribution is 2.34. The number of carbonyl (C=O) groups excluding carboxylic acids is 2. The average molecular weight is 549 g/mol. The molecule has 39 heavy (non-hydrogen) atoms. The lowest BCUT2D eigenvalue weighted by atomic mass is 10.0. The fourth-order valence-electron chi connectivity index (χ4n) is 5.31. The van der Waals surface area contributed by atoms with Crippen molar-refractivity contribution in [1.82, 2.24) is 34.6 Å². The van der Waals surface area contributed by atoms with E-state index in [0.29, 0.717) is 42.3 Å². The molecule has 2 N–H and O–H groups in total. The second-order valence-electron chi connectivity index (χ2n) is 10.7. The third kappa shape index (κ3) is 4.95. The Labute approximate surface area is 230 Å². The number of aryl methyl sites for hydroxylation is 1. The lowest BCUT2D eigenvalue weighted by molar-refractivity contribution is 0.0804. The Morgan fingerprint density at radius 3 is 2.85 bits per heavy atom. The highest BCUT2D eigenvalue weighted by atomic mass is 32.1. The highest BCUT2D eigenvalue weighted by molar-refractivity contribution is 7.21. The quantitative estimate of drug-likeness (QED) is 0.364. The molecular formula is C27H32N8O3S. The van der Waals surface area contributed by atoms with Gasteiger partial charge in [-0.1, -0.05) is 0 Å². The van der Waals surface area contributed by atoms with E-state index >= 15 is 0 Å². The summed E-state index contributed by atoms with van der Waals surface area (Å²) in [5, 5.41) is 14.8. The number of ether oxygens (including phenoxy) is 1. The van der Waals surface area contributed by atoms with Gasteiger partial charge in [-0.15, -0.1) is 11.3 Å². The van der Waals surface area contributed by atoms with Crippen LogP contribution < -0.4 is 10.6 Å². The summed E-state index contributed by atoms with van der Waals surface area (Å²) in [5.41, 5.74) is 4.16. The maximum atomic E-state index is 13.3. The van der Waals surface area contributed by atoms with Crippen molar-refractivity contribution in [2.45, 2.75) is 52.3 Å². The monoisotopic (exact) mass is 548 g/mol. The summed E-state index contributed by atoms with van der Waals surface area (Å²) >= 11 is 1.48. The van der Waals surface area contributed by atoms with Crippen LogP contribution in [0.25, 0.3) is 15.3 Å². The zero-order chi connectivity index (χ0) is 27.1. The van der Waals surface area contributed by atoms with Gasteiger partial charge in [0, 0.05) is 36.6 Å². The SMILES string of the molecule is Cc1ncc(C(=O)NCCN2CCCC2(C)C)cc1NC(=O)c1cnn2cc(-c3cnn4c3COCC4)sc12. The largest absolute Gasteiger partial charge is 0.373 e. The van der Waals surface area contributed by atoms with Crippen LogP contribution in [0.4, 0.5) is 5.69 Å². The molecule has 2 aliphatic rings. The molecular weight excluding hydrogens is 516 g/mol. The third-order valence-electron chi connectivity index (χ3n) is 7.68. The van der Waals surface area contributed by atoms with Crippen molar-refractivity contribution in [2.75, 3.05) is 31.6 Å². The van der Waals surface area contributed by atoms with E-state index in [1.54, 1.807) is 29.9 Å². The van der Waals surface area contributed by atoms with E-state index in [4.69, 9.17) is 4.74 Å². The van der Waals surface area contributed by atoms with E-state index in [0.717, 1.165) is 40.6 Å². The summed E-state index contributed by atoms with van der Waals surface area (Å²) in [5.74, 6) is -0.517. The zero-order valence-electron chi connectivity index (χ0n) is 22.4. The van der Waals surface area contributed by atoms with Crippen molar-refractivity contribution in [3.63, 3.8) is 0 Å². The molecule has 11 nitrogen and oxygen atoms in total. The maximum absolute atomic E-state index is 13.3. The summed E-state index contributed by atoms with van der Waals surface area (Å²) in [6.45, 7) is 10.6. The summed E-state index contributed by atoms with van der Waals surface area (Å²) < 4.78 is 9.28. The molecule has 12 heteroatoms. The smallest absolute Gasteiger partial charge is 0.260 e. The van der Waals surface area contributed by atoms with Crippen LogP contribution in [0.3, 0.4) is 0 Å². The number of carbonyl (C=O) groups is 2. The van der Waals surface area contributed by atoms with E-state index in [1.807, 2.05) is 17.1 Å². The van der Waals surface area contributed by atoms with Crippen molar-refractivity contribution in [2.24, 2.45) is 0 Å². The predicted molar refractivity (Wildman–Crippen MR) is 148 cm³/mol. The number of thiazole rings is 1. The van der Waals surface area contributed by atoms with Crippen molar-refractivity contribution < 1.29 is 14.3 Å². The number of nitrogens with one attached hydrogen (secondary N) is 2. The number of rotatable bonds is 7. The fraction of sp³-hybridized carbons (Fsp3) is 0.444. The number of fused-ring (bicyclic) bond motifs is 2. The van der Waals surface area contributed by atoms with Gasteiger partial charge >= 0.3 is 0 Å². The Hall–Kier alpha value is -3.61. The molecule has 0 aromatic carbocycles. The van der Waals surface area contributed by atoms with Gasteiger partial charge in [0.25, 0.3) is 11.8 Å². The Morgan fingerprint density at radius 1 is 1.15 bits per heavy atom. The Bertz CT molecular complexity index is 1550. The summed E-state index contributed by atoms with van der Waals surface area (Å²) in [4.78, 5) is 34.6. The molecule has 0 spiro atoms. The average Bonchev–Trinajstić information content (AvgIpc) is 3.68. The number of pyridine rings is 1. The van der Waals surface area contributed by atoms with E-state index in [2.05, 4.69) is 44.6 Å². The first kappa shape index (κ1) is 25.7. The van der Waals surface area contributed by atoms with Crippen molar-refractivity contribution in [3.8, 4) is 10.4 Å². The Morgan fingerprint density at radius 2 is 2.03 bits per heavy atom. The summed E-state index contributed by atoms with van der Waals surface area (Å²) in [6, 6.07) is 1.68. The molecule has 0 unspecified atom stereocenters. The second-order valence-corrected chi connectivity index (χ2v) is 11.7. The fourth-order valence-corrected chi connectivity index (χ4v) is 6.40. The van der Waals surface area contributed by atoms with Crippen LogP contribution in [-0.2, 0) is 17.9 Å². The normalized spacial score (nSPS) is 16.9. The predicted octanol–water partition coefficient (Wildman–Crippen LogP) is 3.35. The number of hydrogen-bond acceptors (Lipinski definition) is 8. The molecule has 0 aliphatic carbocycles. The third-order valence-corrected chi connectivity index (χ3v) is 8.82. The van der Waals surface area contributed by atoms with Gasteiger partial charge in [0.15, 0.2) is 0 Å². The molecule has 2 aliphatic heterocycles. The molecule has 4 aromatic heterocycles. The molecule has 6 rings (SSSR count). The molecule has 1 saturated heterocycles. The van der Waals surface area contributed by atoms with E-state index in [1.165, 1.54) is 24.2 Å². The number of aromatic nitrogens is 5. The van der Waals surface area contributed by atoms with Crippen molar-refractivity contribution in [3.05, 3.63) is 53.4 Å². The molecule has 0 atom stereocenters. The standard InChI is InChI=1S/C27H32N8O3S/c1-17-21(11-18(12-29-17)24(36)28-6-8-33-7-4-5-27(33,2)3)32-25(37)20-14-31-35-15-23(39-26(20)35)19-13-30-34-9-10-38-16-22(19)34/h11-15H,4-10,16H2,1-3H3,(H,28,36)(H,32,37). The van der Waals surface area contributed by atoms with Gasteiger partial charge in [0.2, 0.25) is 0 Å². The maximum Gasteiger partial charge on any atom is 0.260 e. The molecule has 0 bridgehead atoms. The number of likely N-dealkylation sites (tertiary alicyclic amines) is 1. The highest BCUT2D eigenvalue weighted by Gasteiger charge is 2.31. The summed E-state index contributed by atoms with van der Waals surface area (Å²) in [7, 11) is 0. The number of nitrogens with zero attached hydrogens (tertiary/aromatic N) is 6. The molecule has 2 amide bonds. The molecule has 4 aromatic rings. The van der Waals surface area contributed by atoms with Crippen LogP contribution in [-0.4, -0.2) is 72.9 Å². The van der Waals surface area contributed by atoms with Gasteiger partial charge in [-0.3, -0.25) is 24.2 Å². The zero-order valence-corrected chi connectivity index (χ0v) is 23.2. The minimum absolute atomic E-state index is 0.170. The minimum atomic E-state index is -0.308. The molecule has 0 radical (unpaired) electrons. The van der Waals surface area contributed by atoms with Gasteiger partial charge in [0.1, 0.15) is 4.83 Å². The van der Waals surface area contributed by atoms with E-state index in [9.17, 15) is 9.59 Å². The first-order chi connectivity index (χ1) is 18.8. The van der Waals surface area contributed by atoms with Crippen LogP contribution in [0.1, 0.15) is 58.8 Å². The van der Waals surface area contributed by atoms with Gasteiger partial charge in [-0.25, -0.2) is 4.52 Å². The Kier molecular flexibility index (Phi) is 6.69. The molecule has 0 saturated carbocycles. The van der Waals surface area contributed by atoms with Crippen LogP contribution in [0.5, 0.6) is 0 Å². The minimum Gasteiger partial charge on any atom is -0.373 e.